The van der Waals surface area contributed by atoms with Gasteiger partial charge in [0, 0.05) is 19.3 Å². The first-order chi connectivity index (χ1) is 12.4. The first-order valence-electron chi connectivity index (χ1n) is 8.43. The minimum Gasteiger partial charge on any atom is -0.497 e. The predicted octanol–water partition coefficient (Wildman–Crippen LogP) is 2.51. The van der Waals surface area contributed by atoms with E-state index in [9.17, 15) is 13.2 Å². The molecule has 1 heterocycles. The van der Waals surface area contributed by atoms with Crippen LogP contribution in [0.15, 0.2) is 59.5 Å². The molecule has 1 amide bonds. The molecule has 3 rings (SSSR count). The Morgan fingerprint density at radius 2 is 1.77 bits per heavy atom. The van der Waals surface area contributed by atoms with Crippen LogP contribution < -0.4 is 9.64 Å². The van der Waals surface area contributed by atoms with Crippen LogP contribution in [-0.2, 0) is 14.8 Å². The van der Waals surface area contributed by atoms with Gasteiger partial charge in [0.25, 0.3) is 0 Å². The molecule has 7 heteroatoms. The molecule has 0 radical (unpaired) electrons. The van der Waals surface area contributed by atoms with Gasteiger partial charge in [-0.2, -0.15) is 4.31 Å². The van der Waals surface area contributed by atoms with Crippen molar-refractivity contribution in [1.82, 2.24) is 4.31 Å². The van der Waals surface area contributed by atoms with E-state index < -0.39 is 16.1 Å². The van der Waals surface area contributed by atoms with Crippen LogP contribution in [0.5, 0.6) is 5.75 Å². The minimum absolute atomic E-state index is 0.167. The number of nitrogens with zero attached hydrogens (tertiary/aromatic N) is 2. The number of hydrogen-bond acceptors (Lipinski definition) is 4. The summed E-state index contributed by atoms with van der Waals surface area (Å²) in [4.78, 5) is 14.6. The Morgan fingerprint density at radius 3 is 2.38 bits per heavy atom. The maximum Gasteiger partial charge on any atom is 0.245 e. The van der Waals surface area contributed by atoms with E-state index in [1.165, 1.54) is 28.4 Å². The lowest BCUT2D eigenvalue weighted by molar-refractivity contribution is -0.121. The molecular weight excluding hydrogens is 352 g/mol. The van der Waals surface area contributed by atoms with Crippen LogP contribution in [0.1, 0.15) is 12.8 Å². The van der Waals surface area contributed by atoms with Gasteiger partial charge in [-0.1, -0.05) is 18.2 Å². The fraction of sp³-hybridized carbons (Fsp3) is 0.316. The topological polar surface area (TPSA) is 66.9 Å². The minimum atomic E-state index is -3.74. The Hall–Kier alpha value is -2.38. The van der Waals surface area contributed by atoms with Crippen LogP contribution in [0, 0.1) is 0 Å². The Bertz CT molecular complexity index is 866. The smallest absolute Gasteiger partial charge is 0.245 e. The van der Waals surface area contributed by atoms with Gasteiger partial charge in [0.15, 0.2) is 0 Å². The maximum absolute atomic E-state index is 13.0. The zero-order valence-corrected chi connectivity index (χ0v) is 15.6. The van der Waals surface area contributed by atoms with Crippen LogP contribution in [0.25, 0.3) is 0 Å². The number of carbonyl (C=O) groups is 1. The highest BCUT2D eigenvalue weighted by Gasteiger charge is 2.40. The van der Waals surface area contributed by atoms with Crippen LogP contribution >= 0.6 is 0 Å². The van der Waals surface area contributed by atoms with Crippen molar-refractivity contribution in [3.63, 3.8) is 0 Å². The standard InChI is InChI=1S/C19H22N2O4S/c1-20(15-7-4-3-5-8-15)19(22)18-9-6-14-21(18)26(23,24)17-12-10-16(25-2)11-13-17/h3-5,7-8,10-13,18H,6,9,14H2,1-2H3. The van der Waals surface area contributed by atoms with E-state index in [4.69, 9.17) is 4.74 Å². The lowest BCUT2D eigenvalue weighted by Gasteiger charge is -2.27. The molecule has 0 bridgehead atoms. The van der Waals surface area contributed by atoms with Crippen LogP contribution in [0.2, 0.25) is 0 Å². The van der Waals surface area contributed by atoms with Gasteiger partial charge in [-0.05, 0) is 49.2 Å². The fourth-order valence-electron chi connectivity index (χ4n) is 3.16. The third kappa shape index (κ3) is 3.45. The molecule has 0 N–H and O–H groups in total. The monoisotopic (exact) mass is 374 g/mol. The van der Waals surface area contributed by atoms with E-state index in [1.54, 1.807) is 19.2 Å². The van der Waals surface area contributed by atoms with Gasteiger partial charge in [0.1, 0.15) is 11.8 Å². The second kappa shape index (κ2) is 7.47. The number of hydrogen-bond donors (Lipinski definition) is 0. The largest absolute Gasteiger partial charge is 0.497 e. The molecule has 2 aromatic rings. The van der Waals surface area contributed by atoms with Crippen molar-refractivity contribution in [2.45, 2.75) is 23.8 Å². The normalized spacial score (nSPS) is 17.8. The molecule has 1 atom stereocenters. The quantitative estimate of drug-likeness (QED) is 0.807. The zero-order valence-electron chi connectivity index (χ0n) is 14.8. The lowest BCUT2D eigenvalue weighted by atomic mass is 10.2. The summed E-state index contributed by atoms with van der Waals surface area (Å²) in [5, 5.41) is 0. The maximum atomic E-state index is 13.0. The molecule has 1 saturated heterocycles. The highest BCUT2D eigenvalue weighted by atomic mass is 32.2. The van der Waals surface area contributed by atoms with Crippen molar-refractivity contribution < 1.29 is 17.9 Å². The average molecular weight is 374 g/mol. The van der Waals surface area contributed by atoms with Crippen LogP contribution in [0.4, 0.5) is 5.69 Å². The number of anilines is 1. The van der Waals surface area contributed by atoms with Crippen molar-refractivity contribution in [3.05, 3.63) is 54.6 Å². The summed E-state index contributed by atoms with van der Waals surface area (Å²) in [7, 11) is -0.543. The highest BCUT2D eigenvalue weighted by Crippen LogP contribution is 2.29. The Kier molecular flexibility index (Phi) is 5.29. The number of sulfonamides is 1. The van der Waals surface area contributed by atoms with Gasteiger partial charge in [-0.3, -0.25) is 4.79 Å². The molecule has 0 aromatic heterocycles. The first-order valence-corrected chi connectivity index (χ1v) is 9.87. The number of methoxy groups -OCH3 is 1. The summed E-state index contributed by atoms with van der Waals surface area (Å²) in [5.41, 5.74) is 0.742. The van der Waals surface area contributed by atoms with Gasteiger partial charge in [0.05, 0.1) is 12.0 Å². The predicted molar refractivity (Wildman–Crippen MR) is 99.8 cm³/mol. The highest BCUT2D eigenvalue weighted by molar-refractivity contribution is 7.89. The molecular formula is C19H22N2O4S. The van der Waals surface area contributed by atoms with E-state index >= 15 is 0 Å². The van der Waals surface area contributed by atoms with Gasteiger partial charge in [-0.15, -0.1) is 0 Å². The van der Waals surface area contributed by atoms with Crippen molar-refractivity contribution in [3.8, 4) is 5.75 Å². The van der Waals surface area contributed by atoms with Gasteiger partial charge in [0.2, 0.25) is 15.9 Å². The molecule has 0 aliphatic carbocycles. The number of amides is 1. The summed E-state index contributed by atoms with van der Waals surface area (Å²) in [6.45, 7) is 0.341. The van der Waals surface area contributed by atoms with E-state index in [1.807, 2.05) is 30.3 Å². The molecule has 1 aliphatic rings. The molecule has 26 heavy (non-hydrogen) atoms. The SMILES string of the molecule is COc1ccc(S(=O)(=O)N2CCCC2C(=O)N(C)c2ccccc2)cc1. The summed E-state index contributed by atoms with van der Waals surface area (Å²) in [5.74, 6) is 0.368. The van der Waals surface area contributed by atoms with Crippen molar-refractivity contribution in [1.29, 1.82) is 0 Å². The van der Waals surface area contributed by atoms with Crippen molar-refractivity contribution >= 4 is 21.6 Å². The summed E-state index contributed by atoms with van der Waals surface area (Å²) in [6.07, 6.45) is 1.18. The lowest BCUT2D eigenvalue weighted by Crippen LogP contribution is -2.46. The zero-order chi connectivity index (χ0) is 18.7. The number of benzene rings is 2. The van der Waals surface area contributed by atoms with E-state index in [2.05, 4.69) is 0 Å². The van der Waals surface area contributed by atoms with Crippen molar-refractivity contribution in [2.75, 3.05) is 25.6 Å². The molecule has 138 valence electrons. The Labute approximate surface area is 154 Å². The van der Waals surface area contributed by atoms with E-state index in [0.717, 1.165) is 5.69 Å². The summed E-state index contributed by atoms with van der Waals surface area (Å²) < 4.78 is 32.4. The van der Waals surface area contributed by atoms with Gasteiger partial charge < -0.3 is 9.64 Å². The number of ether oxygens (including phenoxy) is 1. The molecule has 0 saturated carbocycles. The number of rotatable bonds is 5. The second-order valence-corrected chi connectivity index (χ2v) is 8.07. The van der Waals surface area contributed by atoms with Crippen LogP contribution in [0.3, 0.4) is 0 Å². The number of carbonyl (C=O) groups excluding carboxylic acids is 1. The summed E-state index contributed by atoms with van der Waals surface area (Å²) >= 11 is 0. The molecule has 0 spiro atoms. The van der Waals surface area contributed by atoms with Gasteiger partial charge >= 0.3 is 0 Å². The Morgan fingerprint density at radius 1 is 1.12 bits per heavy atom. The average Bonchev–Trinajstić information content (AvgIpc) is 3.18. The number of para-hydroxylation sites is 1. The number of likely N-dealkylation sites (N-methyl/N-ethyl adjacent to an activating group) is 1. The second-order valence-electron chi connectivity index (χ2n) is 6.18. The third-order valence-corrected chi connectivity index (χ3v) is 6.55. The van der Waals surface area contributed by atoms with Crippen LogP contribution in [-0.4, -0.2) is 45.4 Å². The molecule has 1 aliphatic heterocycles. The van der Waals surface area contributed by atoms with Gasteiger partial charge in [-0.25, -0.2) is 8.42 Å². The van der Waals surface area contributed by atoms with E-state index in [-0.39, 0.29) is 10.8 Å². The first kappa shape index (κ1) is 18.4. The molecule has 1 fully saturated rings. The van der Waals surface area contributed by atoms with Crippen molar-refractivity contribution in [2.24, 2.45) is 0 Å². The fourth-order valence-corrected chi connectivity index (χ4v) is 4.81. The molecule has 1 unspecified atom stereocenters. The summed E-state index contributed by atoms with van der Waals surface area (Å²) in [6, 6.07) is 14.8. The Balaban J connectivity index is 1.85. The molecule has 6 nitrogen and oxygen atoms in total. The third-order valence-electron chi connectivity index (χ3n) is 4.63. The van der Waals surface area contributed by atoms with E-state index in [0.29, 0.717) is 25.1 Å². The molecule has 2 aromatic carbocycles.